The second-order valence-electron chi connectivity index (χ2n) is 5.82. The predicted octanol–water partition coefficient (Wildman–Crippen LogP) is 4.45. The van der Waals surface area contributed by atoms with Gasteiger partial charge in [0.2, 0.25) is 0 Å². The Labute approximate surface area is 146 Å². The summed E-state index contributed by atoms with van der Waals surface area (Å²) in [5.41, 5.74) is 4.12. The molecule has 0 aromatic heterocycles. The molecule has 1 amide bonds. The monoisotopic (exact) mass is 345 g/mol. The average molecular weight is 346 g/mol. The predicted molar refractivity (Wildman–Crippen MR) is 95.6 cm³/mol. The number of amides is 1. The van der Waals surface area contributed by atoms with E-state index in [1.807, 2.05) is 32.9 Å². The first-order chi connectivity index (χ1) is 11.3. The van der Waals surface area contributed by atoms with E-state index in [2.05, 4.69) is 5.32 Å². The first-order valence-electron chi connectivity index (χ1n) is 7.63. The third-order valence-electron chi connectivity index (χ3n) is 3.64. The molecule has 0 aliphatic heterocycles. The number of benzene rings is 2. The standard InChI is InChI=1S/C19H20ClNO3/c1-11-8-12(2)17(13(3)9-11)21-18(22)14(4)24-19(23)15-6-5-7-16(20)10-15/h5-10,14H,1-4H3,(H,21,22). The fourth-order valence-corrected chi connectivity index (χ4v) is 2.69. The van der Waals surface area contributed by atoms with Crippen molar-refractivity contribution >= 4 is 29.2 Å². The molecule has 2 rings (SSSR count). The maximum atomic E-state index is 12.3. The Morgan fingerprint density at radius 1 is 1.08 bits per heavy atom. The zero-order valence-electron chi connectivity index (χ0n) is 14.1. The molecule has 2 aromatic carbocycles. The van der Waals surface area contributed by atoms with Gasteiger partial charge in [0.25, 0.3) is 5.91 Å². The molecule has 24 heavy (non-hydrogen) atoms. The van der Waals surface area contributed by atoms with Gasteiger partial charge >= 0.3 is 5.97 Å². The van der Waals surface area contributed by atoms with Crippen LogP contribution >= 0.6 is 11.6 Å². The van der Waals surface area contributed by atoms with E-state index in [9.17, 15) is 9.59 Å². The number of hydrogen-bond acceptors (Lipinski definition) is 3. The third-order valence-corrected chi connectivity index (χ3v) is 3.87. The molecule has 126 valence electrons. The van der Waals surface area contributed by atoms with E-state index < -0.39 is 12.1 Å². The molecule has 0 radical (unpaired) electrons. The summed E-state index contributed by atoms with van der Waals surface area (Å²) in [5.74, 6) is -0.960. The van der Waals surface area contributed by atoms with Crippen LogP contribution in [-0.4, -0.2) is 18.0 Å². The van der Waals surface area contributed by atoms with Gasteiger partial charge in [-0.3, -0.25) is 4.79 Å². The molecule has 0 aliphatic carbocycles. The van der Waals surface area contributed by atoms with Gasteiger partial charge in [-0.1, -0.05) is 35.4 Å². The van der Waals surface area contributed by atoms with Gasteiger partial charge in [-0.05, 0) is 57.0 Å². The third kappa shape index (κ3) is 4.36. The summed E-state index contributed by atoms with van der Waals surface area (Å²) in [6.07, 6.45) is -0.920. The van der Waals surface area contributed by atoms with E-state index in [4.69, 9.17) is 16.3 Å². The maximum Gasteiger partial charge on any atom is 0.338 e. The summed E-state index contributed by atoms with van der Waals surface area (Å²) in [4.78, 5) is 24.4. The lowest BCUT2D eigenvalue weighted by Crippen LogP contribution is -2.30. The minimum absolute atomic E-state index is 0.310. The molecule has 0 saturated heterocycles. The molecular weight excluding hydrogens is 326 g/mol. The number of aryl methyl sites for hydroxylation is 3. The Balaban J connectivity index is 2.06. The Kier molecular flexibility index (Phi) is 5.62. The summed E-state index contributed by atoms with van der Waals surface area (Å²) < 4.78 is 5.22. The van der Waals surface area contributed by atoms with Gasteiger partial charge in [0, 0.05) is 10.7 Å². The summed E-state index contributed by atoms with van der Waals surface area (Å²) >= 11 is 5.86. The van der Waals surface area contributed by atoms with Crippen LogP contribution in [0.25, 0.3) is 0 Å². The van der Waals surface area contributed by atoms with Gasteiger partial charge in [0.15, 0.2) is 6.10 Å². The van der Waals surface area contributed by atoms with Crippen LogP contribution in [-0.2, 0) is 9.53 Å². The Bertz CT molecular complexity index is 763. The van der Waals surface area contributed by atoms with Crippen molar-refractivity contribution in [2.75, 3.05) is 5.32 Å². The van der Waals surface area contributed by atoms with Gasteiger partial charge in [-0.2, -0.15) is 0 Å². The molecule has 0 spiro atoms. The van der Waals surface area contributed by atoms with E-state index in [1.165, 1.54) is 13.0 Å². The highest BCUT2D eigenvalue weighted by molar-refractivity contribution is 6.30. The maximum absolute atomic E-state index is 12.3. The fraction of sp³-hybridized carbons (Fsp3) is 0.263. The molecule has 0 bridgehead atoms. The zero-order valence-corrected chi connectivity index (χ0v) is 14.9. The smallest absolute Gasteiger partial charge is 0.338 e. The second kappa shape index (κ2) is 7.49. The van der Waals surface area contributed by atoms with Gasteiger partial charge in [0.05, 0.1) is 5.56 Å². The van der Waals surface area contributed by atoms with E-state index in [1.54, 1.807) is 18.2 Å². The van der Waals surface area contributed by atoms with E-state index in [0.717, 1.165) is 22.4 Å². The van der Waals surface area contributed by atoms with Crippen LogP contribution in [0.15, 0.2) is 36.4 Å². The van der Waals surface area contributed by atoms with Gasteiger partial charge in [0.1, 0.15) is 0 Å². The number of hydrogen-bond donors (Lipinski definition) is 1. The van der Waals surface area contributed by atoms with E-state index in [0.29, 0.717) is 10.6 Å². The molecular formula is C19H20ClNO3. The van der Waals surface area contributed by atoms with Crippen LogP contribution in [0, 0.1) is 20.8 Å². The van der Waals surface area contributed by atoms with Crippen LogP contribution in [0.1, 0.15) is 34.0 Å². The van der Waals surface area contributed by atoms with Crippen molar-refractivity contribution in [3.8, 4) is 0 Å². The minimum Gasteiger partial charge on any atom is -0.449 e. The van der Waals surface area contributed by atoms with Crippen LogP contribution in [0.2, 0.25) is 5.02 Å². The molecule has 0 saturated carbocycles. The molecule has 0 fully saturated rings. The molecule has 1 N–H and O–H groups in total. The Hall–Kier alpha value is -2.33. The number of ether oxygens (including phenoxy) is 1. The Morgan fingerprint density at radius 3 is 2.29 bits per heavy atom. The lowest BCUT2D eigenvalue weighted by Gasteiger charge is -2.17. The number of nitrogens with one attached hydrogen (secondary N) is 1. The van der Waals surface area contributed by atoms with Crippen LogP contribution in [0.5, 0.6) is 0 Å². The number of carbonyl (C=O) groups excluding carboxylic acids is 2. The van der Waals surface area contributed by atoms with Crippen LogP contribution in [0.3, 0.4) is 0 Å². The average Bonchev–Trinajstić information content (AvgIpc) is 2.50. The van der Waals surface area contributed by atoms with Crippen molar-refractivity contribution in [2.45, 2.75) is 33.8 Å². The van der Waals surface area contributed by atoms with Crippen molar-refractivity contribution in [3.63, 3.8) is 0 Å². The van der Waals surface area contributed by atoms with Crippen LogP contribution < -0.4 is 5.32 Å². The highest BCUT2D eigenvalue weighted by atomic mass is 35.5. The summed E-state index contributed by atoms with van der Waals surface area (Å²) in [7, 11) is 0. The second-order valence-corrected chi connectivity index (χ2v) is 6.26. The van der Waals surface area contributed by atoms with Crippen molar-refractivity contribution in [1.82, 2.24) is 0 Å². The molecule has 0 aliphatic rings. The largest absolute Gasteiger partial charge is 0.449 e. The molecule has 1 unspecified atom stereocenters. The number of carbonyl (C=O) groups is 2. The van der Waals surface area contributed by atoms with Crippen molar-refractivity contribution in [3.05, 3.63) is 63.7 Å². The summed E-state index contributed by atoms with van der Waals surface area (Å²) in [5, 5.41) is 3.27. The SMILES string of the molecule is Cc1cc(C)c(NC(=O)C(C)OC(=O)c2cccc(Cl)c2)c(C)c1. The summed E-state index contributed by atoms with van der Waals surface area (Å²) in [6, 6.07) is 10.4. The Morgan fingerprint density at radius 2 is 1.71 bits per heavy atom. The lowest BCUT2D eigenvalue weighted by molar-refractivity contribution is -0.123. The highest BCUT2D eigenvalue weighted by Crippen LogP contribution is 2.22. The number of anilines is 1. The van der Waals surface area contributed by atoms with Gasteiger partial charge in [-0.25, -0.2) is 4.79 Å². The van der Waals surface area contributed by atoms with E-state index >= 15 is 0 Å². The molecule has 2 aromatic rings. The first-order valence-corrected chi connectivity index (χ1v) is 8.01. The molecule has 1 atom stereocenters. The molecule has 4 nitrogen and oxygen atoms in total. The number of rotatable bonds is 4. The lowest BCUT2D eigenvalue weighted by atomic mass is 10.0. The van der Waals surface area contributed by atoms with Crippen LogP contribution in [0.4, 0.5) is 5.69 Å². The molecule has 5 heteroatoms. The zero-order chi connectivity index (χ0) is 17.9. The number of halogens is 1. The minimum atomic E-state index is -0.920. The van der Waals surface area contributed by atoms with Gasteiger partial charge < -0.3 is 10.1 Å². The van der Waals surface area contributed by atoms with Crippen molar-refractivity contribution in [1.29, 1.82) is 0 Å². The molecule has 0 heterocycles. The first kappa shape index (κ1) is 18.0. The highest BCUT2D eigenvalue weighted by Gasteiger charge is 2.20. The number of esters is 1. The van der Waals surface area contributed by atoms with Gasteiger partial charge in [-0.15, -0.1) is 0 Å². The normalized spacial score (nSPS) is 11.7. The quantitative estimate of drug-likeness (QED) is 0.833. The topological polar surface area (TPSA) is 55.4 Å². The van der Waals surface area contributed by atoms with Crippen molar-refractivity contribution < 1.29 is 14.3 Å². The summed E-state index contributed by atoms with van der Waals surface area (Å²) in [6.45, 7) is 7.40. The van der Waals surface area contributed by atoms with Crippen molar-refractivity contribution in [2.24, 2.45) is 0 Å². The fourth-order valence-electron chi connectivity index (χ4n) is 2.50. The van der Waals surface area contributed by atoms with E-state index in [-0.39, 0.29) is 5.91 Å².